The minimum atomic E-state index is -0.803. The van der Waals surface area contributed by atoms with Crippen molar-refractivity contribution in [3.8, 4) is 11.5 Å². The number of halogens is 3. The lowest BCUT2D eigenvalue weighted by Crippen LogP contribution is -2.35. The van der Waals surface area contributed by atoms with Crippen molar-refractivity contribution in [3.63, 3.8) is 0 Å². The van der Waals surface area contributed by atoms with Crippen LogP contribution in [0.15, 0.2) is 84.0 Å². The lowest BCUT2D eigenvalue weighted by atomic mass is 10.0. The fraction of sp³-hybridized carbons (Fsp3) is 0.143. The fourth-order valence-corrected chi connectivity index (χ4v) is 4.01. The molecule has 0 radical (unpaired) electrons. The molecule has 4 rings (SSSR count). The Hall–Kier alpha value is -3.61. The summed E-state index contributed by atoms with van der Waals surface area (Å²) < 4.78 is 25.0. The maximum absolute atomic E-state index is 13.2. The summed E-state index contributed by atoms with van der Waals surface area (Å²) in [4.78, 5) is 12.8. The van der Waals surface area contributed by atoms with Gasteiger partial charge in [0.15, 0.2) is 6.10 Å². The number of nitrogens with one attached hydrogen (secondary N) is 1. The van der Waals surface area contributed by atoms with Gasteiger partial charge in [0.05, 0.1) is 11.2 Å². The normalized spacial score (nSPS) is 12.0. The molecule has 1 atom stereocenters. The Morgan fingerprint density at radius 3 is 2.53 bits per heavy atom. The van der Waals surface area contributed by atoms with Crippen LogP contribution in [-0.2, 0) is 11.4 Å². The molecule has 0 aromatic heterocycles. The Morgan fingerprint density at radius 2 is 1.78 bits per heavy atom. The smallest absolute Gasteiger partial charge is 0.281 e. The van der Waals surface area contributed by atoms with Crippen LogP contribution in [0.3, 0.4) is 0 Å². The van der Waals surface area contributed by atoms with Crippen molar-refractivity contribution in [2.45, 2.75) is 26.1 Å². The molecule has 1 N–H and O–H groups in total. The van der Waals surface area contributed by atoms with Crippen LogP contribution in [0.4, 0.5) is 4.39 Å². The molecule has 0 fully saturated rings. The molecule has 5 nitrogen and oxygen atoms in total. The summed E-state index contributed by atoms with van der Waals surface area (Å²) >= 11 is 12.1. The summed E-state index contributed by atoms with van der Waals surface area (Å²) in [6.07, 6.45) is 1.14. The molecular formula is C28H23Cl2FN2O3. The van der Waals surface area contributed by atoms with Gasteiger partial charge in [-0.25, -0.2) is 9.82 Å². The molecule has 1 unspecified atom stereocenters. The number of amides is 1. The van der Waals surface area contributed by atoms with Crippen molar-refractivity contribution in [1.82, 2.24) is 5.43 Å². The highest BCUT2D eigenvalue weighted by molar-refractivity contribution is 6.35. The minimum absolute atomic E-state index is 0.249. The van der Waals surface area contributed by atoms with Crippen molar-refractivity contribution in [1.29, 1.82) is 0 Å². The molecule has 0 aliphatic carbocycles. The van der Waals surface area contributed by atoms with Gasteiger partial charge in [-0.1, -0.05) is 72.6 Å². The summed E-state index contributed by atoms with van der Waals surface area (Å²) in [7, 11) is 0. The van der Waals surface area contributed by atoms with Crippen LogP contribution < -0.4 is 14.9 Å². The van der Waals surface area contributed by atoms with E-state index < -0.39 is 12.0 Å². The quantitative estimate of drug-likeness (QED) is 0.186. The molecule has 0 heterocycles. The molecule has 0 spiro atoms. The number of benzene rings is 4. The number of nitrogens with zero attached hydrogens (tertiary/aromatic N) is 1. The van der Waals surface area contributed by atoms with Crippen LogP contribution in [0.25, 0.3) is 10.8 Å². The van der Waals surface area contributed by atoms with Crippen LogP contribution in [0.5, 0.6) is 11.5 Å². The van der Waals surface area contributed by atoms with Gasteiger partial charge >= 0.3 is 0 Å². The molecule has 1 amide bonds. The average molecular weight is 525 g/mol. The van der Waals surface area contributed by atoms with Gasteiger partial charge in [-0.2, -0.15) is 5.10 Å². The molecule has 4 aromatic rings. The van der Waals surface area contributed by atoms with Gasteiger partial charge in [0.2, 0.25) is 0 Å². The summed E-state index contributed by atoms with van der Waals surface area (Å²) in [5.74, 6) is 0.208. The number of rotatable bonds is 9. The van der Waals surface area contributed by atoms with E-state index in [9.17, 15) is 9.18 Å². The maximum atomic E-state index is 13.2. The van der Waals surface area contributed by atoms with Crippen LogP contribution >= 0.6 is 23.2 Å². The van der Waals surface area contributed by atoms with Crippen molar-refractivity contribution < 1.29 is 18.7 Å². The van der Waals surface area contributed by atoms with E-state index in [0.29, 0.717) is 33.5 Å². The molecular weight excluding hydrogens is 502 g/mol. The van der Waals surface area contributed by atoms with Gasteiger partial charge in [-0.15, -0.1) is 0 Å². The van der Waals surface area contributed by atoms with Crippen molar-refractivity contribution in [2.75, 3.05) is 0 Å². The van der Waals surface area contributed by atoms with Crippen molar-refractivity contribution >= 4 is 46.1 Å². The third-order valence-electron chi connectivity index (χ3n) is 5.43. The molecule has 4 aromatic carbocycles. The minimum Gasteiger partial charge on any atom is -0.488 e. The maximum Gasteiger partial charge on any atom is 0.281 e. The molecule has 36 heavy (non-hydrogen) atoms. The average Bonchev–Trinajstić information content (AvgIpc) is 2.88. The Morgan fingerprint density at radius 1 is 1.03 bits per heavy atom. The van der Waals surface area contributed by atoms with E-state index >= 15 is 0 Å². The largest absolute Gasteiger partial charge is 0.488 e. The van der Waals surface area contributed by atoms with Crippen molar-refractivity contribution in [2.24, 2.45) is 5.10 Å². The van der Waals surface area contributed by atoms with E-state index in [0.717, 1.165) is 16.3 Å². The molecule has 0 saturated heterocycles. The first kappa shape index (κ1) is 25.5. The molecule has 0 saturated carbocycles. The van der Waals surface area contributed by atoms with Gasteiger partial charge < -0.3 is 9.47 Å². The van der Waals surface area contributed by atoms with E-state index in [1.165, 1.54) is 12.1 Å². The second-order valence-corrected chi connectivity index (χ2v) is 8.78. The summed E-state index contributed by atoms with van der Waals surface area (Å²) in [6, 6.07) is 22.5. The number of carbonyl (C=O) groups is 1. The van der Waals surface area contributed by atoms with E-state index in [4.69, 9.17) is 32.7 Å². The van der Waals surface area contributed by atoms with Crippen LogP contribution in [0.2, 0.25) is 10.0 Å². The topological polar surface area (TPSA) is 59.9 Å². The first-order valence-electron chi connectivity index (χ1n) is 11.3. The molecule has 8 heteroatoms. The number of hydrazone groups is 1. The Kier molecular flexibility index (Phi) is 8.41. The molecule has 0 aliphatic heterocycles. The Bertz CT molecular complexity index is 1390. The molecule has 0 bridgehead atoms. The standard InChI is InChI=1S/C28H23Cl2FN2O3/c1-2-25(36-27-14-10-20(29)15-24(27)30)28(34)33-32-16-23-22-6-4-3-5-19(22)9-13-26(23)35-17-18-7-11-21(31)12-8-18/h3-16,25H,2,17H2,1H3,(H,33,34). The summed E-state index contributed by atoms with van der Waals surface area (Å²) in [6.45, 7) is 2.07. The first-order chi connectivity index (χ1) is 17.4. The zero-order valence-corrected chi connectivity index (χ0v) is 20.9. The van der Waals surface area contributed by atoms with Gasteiger partial charge in [-0.3, -0.25) is 4.79 Å². The number of hydrogen-bond donors (Lipinski definition) is 1. The lowest BCUT2D eigenvalue weighted by Gasteiger charge is -2.17. The second kappa shape index (κ2) is 11.9. The second-order valence-electron chi connectivity index (χ2n) is 7.94. The highest BCUT2D eigenvalue weighted by Gasteiger charge is 2.19. The third-order valence-corrected chi connectivity index (χ3v) is 5.96. The zero-order chi connectivity index (χ0) is 25.5. The van der Waals surface area contributed by atoms with Crippen LogP contribution in [0.1, 0.15) is 24.5 Å². The third kappa shape index (κ3) is 6.33. The predicted molar refractivity (Wildman–Crippen MR) is 142 cm³/mol. The highest BCUT2D eigenvalue weighted by Crippen LogP contribution is 2.29. The number of carbonyl (C=O) groups excluding carboxylic acids is 1. The van der Waals surface area contributed by atoms with Gasteiger partial charge in [0.25, 0.3) is 5.91 Å². The summed E-state index contributed by atoms with van der Waals surface area (Å²) in [5, 5.41) is 6.87. The van der Waals surface area contributed by atoms with Crippen molar-refractivity contribution in [3.05, 3.63) is 106 Å². The van der Waals surface area contributed by atoms with Crippen LogP contribution in [0, 0.1) is 5.82 Å². The fourth-order valence-electron chi connectivity index (χ4n) is 3.56. The SMILES string of the molecule is CCC(Oc1ccc(Cl)cc1Cl)C(=O)NN=Cc1c(OCc2ccc(F)cc2)ccc2ccccc12. The Labute approximate surface area is 218 Å². The van der Waals surface area contributed by atoms with Gasteiger partial charge in [-0.05, 0) is 59.2 Å². The Balaban J connectivity index is 1.51. The predicted octanol–water partition coefficient (Wildman–Crippen LogP) is 7.17. The monoisotopic (exact) mass is 524 g/mol. The summed E-state index contributed by atoms with van der Waals surface area (Å²) in [5.41, 5.74) is 4.07. The molecule has 184 valence electrons. The highest BCUT2D eigenvalue weighted by atomic mass is 35.5. The number of fused-ring (bicyclic) bond motifs is 1. The number of ether oxygens (including phenoxy) is 2. The van der Waals surface area contributed by atoms with E-state index in [2.05, 4.69) is 10.5 Å². The van der Waals surface area contributed by atoms with Crippen LogP contribution in [-0.4, -0.2) is 18.2 Å². The molecule has 0 aliphatic rings. The number of hydrogen-bond acceptors (Lipinski definition) is 4. The lowest BCUT2D eigenvalue weighted by molar-refractivity contribution is -0.128. The van der Waals surface area contributed by atoms with Gasteiger partial charge in [0.1, 0.15) is 23.9 Å². The van der Waals surface area contributed by atoms with E-state index in [1.807, 2.05) is 43.3 Å². The first-order valence-corrected chi connectivity index (χ1v) is 12.0. The zero-order valence-electron chi connectivity index (χ0n) is 19.4. The van der Waals surface area contributed by atoms with E-state index in [-0.39, 0.29) is 12.4 Å². The van der Waals surface area contributed by atoms with E-state index in [1.54, 1.807) is 36.5 Å². The van der Waals surface area contributed by atoms with Gasteiger partial charge in [0, 0.05) is 10.6 Å².